The summed E-state index contributed by atoms with van der Waals surface area (Å²) in [7, 11) is 1.86. The predicted octanol–water partition coefficient (Wildman–Crippen LogP) is 2.68. The lowest BCUT2D eigenvalue weighted by Crippen LogP contribution is -2.55. The Morgan fingerprint density at radius 2 is 2.00 bits per heavy atom. The van der Waals surface area contributed by atoms with Crippen molar-refractivity contribution in [2.45, 2.75) is 26.2 Å². The van der Waals surface area contributed by atoms with Gasteiger partial charge in [-0.2, -0.15) is 5.10 Å². The van der Waals surface area contributed by atoms with Gasteiger partial charge in [0.15, 0.2) is 5.96 Å². The lowest BCUT2D eigenvalue weighted by atomic mass is 9.97. The van der Waals surface area contributed by atoms with Gasteiger partial charge in [0.05, 0.1) is 11.9 Å². The number of hydrogen-bond acceptors (Lipinski definition) is 3. The highest BCUT2D eigenvalue weighted by atomic mass is 127. The Hall–Kier alpha value is -2.10. The van der Waals surface area contributed by atoms with E-state index in [-0.39, 0.29) is 35.3 Å². The number of nitrogens with zero attached hydrogens (tertiary/aromatic N) is 5. The van der Waals surface area contributed by atoms with E-state index < -0.39 is 0 Å². The molecule has 8 heteroatoms. The van der Waals surface area contributed by atoms with Gasteiger partial charge < -0.3 is 15.1 Å². The summed E-state index contributed by atoms with van der Waals surface area (Å²) in [5, 5.41) is 7.57. The first-order chi connectivity index (χ1) is 14.1. The second-order valence-corrected chi connectivity index (χ2v) is 8.17. The lowest BCUT2D eigenvalue weighted by molar-refractivity contribution is -0.120. The zero-order valence-corrected chi connectivity index (χ0v) is 20.1. The van der Waals surface area contributed by atoms with Gasteiger partial charge in [-0.1, -0.05) is 30.3 Å². The summed E-state index contributed by atoms with van der Waals surface area (Å²) in [5.41, 5.74) is 2.52. The maximum absolute atomic E-state index is 12.7. The summed E-state index contributed by atoms with van der Waals surface area (Å²) >= 11 is 0. The number of guanidine groups is 1. The van der Waals surface area contributed by atoms with Crippen LogP contribution in [-0.4, -0.2) is 59.3 Å². The lowest BCUT2D eigenvalue weighted by Gasteiger charge is -2.35. The minimum Gasteiger partial charge on any atom is -0.357 e. The van der Waals surface area contributed by atoms with Crippen LogP contribution in [0.2, 0.25) is 0 Å². The third-order valence-electron chi connectivity index (χ3n) is 5.80. The van der Waals surface area contributed by atoms with Crippen molar-refractivity contribution in [2.24, 2.45) is 17.5 Å². The van der Waals surface area contributed by atoms with E-state index >= 15 is 0 Å². The van der Waals surface area contributed by atoms with E-state index in [1.54, 1.807) is 10.9 Å². The van der Waals surface area contributed by atoms with Crippen molar-refractivity contribution in [1.29, 1.82) is 0 Å². The van der Waals surface area contributed by atoms with E-state index in [4.69, 9.17) is 4.99 Å². The molecule has 2 fully saturated rings. The largest absolute Gasteiger partial charge is 0.357 e. The molecule has 1 aliphatic carbocycles. The molecule has 1 aromatic carbocycles. The number of aromatic nitrogens is 2. The molecule has 0 atom stereocenters. The normalized spacial score (nSPS) is 18.2. The molecule has 0 radical (unpaired) electrons. The van der Waals surface area contributed by atoms with Crippen LogP contribution in [0.4, 0.5) is 5.69 Å². The topological polar surface area (TPSA) is 65.8 Å². The average Bonchev–Trinajstić information content (AvgIpc) is 3.35. The van der Waals surface area contributed by atoms with Crippen molar-refractivity contribution in [1.82, 2.24) is 20.0 Å². The molecule has 2 aromatic rings. The molecule has 1 amide bonds. The fourth-order valence-corrected chi connectivity index (χ4v) is 3.94. The molecule has 7 nitrogen and oxygen atoms in total. The fraction of sp³-hybridized carbons (Fsp3) is 0.500. The molecule has 4 rings (SSSR count). The van der Waals surface area contributed by atoms with E-state index in [0.29, 0.717) is 13.1 Å². The number of aryl methyl sites for hydroxylation is 1. The molecular formula is C22H31IN6O. The van der Waals surface area contributed by atoms with Gasteiger partial charge in [-0.3, -0.25) is 14.5 Å². The molecule has 2 aliphatic rings. The number of aliphatic imine (C=N–C) groups is 1. The number of benzene rings is 1. The van der Waals surface area contributed by atoms with Crippen molar-refractivity contribution in [3.05, 3.63) is 48.3 Å². The summed E-state index contributed by atoms with van der Waals surface area (Å²) < 4.78 is 1.72. The van der Waals surface area contributed by atoms with Gasteiger partial charge in [0.25, 0.3) is 0 Å². The Balaban J connectivity index is 0.00000256. The first kappa shape index (κ1) is 22.6. The van der Waals surface area contributed by atoms with Crippen molar-refractivity contribution in [2.75, 3.05) is 37.6 Å². The number of hydrogen-bond donors (Lipinski definition) is 1. The van der Waals surface area contributed by atoms with Gasteiger partial charge in [0.1, 0.15) is 6.54 Å². The molecule has 1 aliphatic heterocycles. The summed E-state index contributed by atoms with van der Waals surface area (Å²) in [6, 6.07) is 10.7. The maximum Gasteiger partial charge on any atom is 0.246 e. The summed E-state index contributed by atoms with van der Waals surface area (Å²) in [5.74, 6) is 0.936. The Morgan fingerprint density at radius 3 is 2.60 bits per heavy atom. The molecule has 1 saturated heterocycles. The number of piperazine rings is 1. The second-order valence-electron chi connectivity index (χ2n) is 8.17. The Bertz CT molecular complexity index is 877. The molecule has 162 valence electrons. The molecule has 0 bridgehead atoms. The van der Waals surface area contributed by atoms with Gasteiger partial charge in [0, 0.05) is 39.4 Å². The zero-order chi connectivity index (χ0) is 20.3. The second kappa shape index (κ2) is 9.80. The van der Waals surface area contributed by atoms with Crippen LogP contribution in [0.25, 0.3) is 0 Å². The molecule has 0 unspecified atom stereocenters. The highest BCUT2D eigenvalue weighted by Gasteiger charge is 2.42. The van der Waals surface area contributed by atoms with Crippen molar-refractivity contribution in [3.63, 3.8) is 0 Å². The molecule has 0 spiro atoms. The van der Waals surface area contributed by atoms with Crippen LogP contribution in [0.1, 0.15) is 25.3 Å². The number of halogens is 1. The quantitative estimate of drug-likeness (QED) is 0.360. The number of carbonyl (C=O) groups is 1. The maximum atomic E-state index is 12.7. The van der Waals surface area contributed by atoms with Gasteiger partial charge in [0.2, 0.25) is 5.91 Å². The highest BCUT2D eigenvalue weighted by Crippen LogP contribution is 2.48. The van der Waals surface area contributed by atoms with E-state index in [9.17, 15) is 4.79 Å². The number of nitrogens with one attached hydrogen (secondary N) is 1. The molecular weight excluding hydrogens is 491 g/mol. The van der Waals surface area contributed by atoms with E-state index in [0.717, 1.165) is 37.7 Å². The van der Waals surface area contributed by atoms with Gasteiger partial charge in [-0.25, -0.2) is 0 Å². The van der Waals surface area contributed by atoms with Gasteiger partial charge in [-0.15, -0.1) is 24.0 Å². The fourth-order valence-electron chi connectivity index (χ4n) is 3.94. The van der Waals surface area contributed by atoms with E-state index in [1.165, 1.54) is 18.4 Å². The Morgan fingerprint density at radius 1 is 1.23 bits per heavy atom. The van der Waals surface area contributed by atoms with Crippen LogP contribution >= 0.6 is 24.0 Å². The third-order valence-corrected chi connectivity index (χ3v) is 5.80. The number of rotatable bonds is 6. The van der Waals surface area contributed by atoms with E-state index in [2.05, 4.69) is 52.6 Å². The van der Waals surface area contributed by atoms with E-state index in [1.807, 2.05) is 18.1 Å². The van der Waals surface area contributed by atoms with Crippen molar-refractivity contribution >= 4 is 41.5 Å². The SMILES string of the molecule is CCNC(=NCC1(Cc2ccccc2)CC1)N1CCN(c2cnn(C)c2)C(=O)C1.I. The molecule has 1 N–H and O–H groups in total. The van der Waals surface area contributed by atoms with Crippen molar-refractivity contribution in [3.8, 4) is 0 Å². The number of carbonyl (C=O) groups excluding carboxylic acids is 1. The molecule has 1 saturated carbocycles. The molecule has 30 heavy (non-hydrogen) atoms. The average molecular weight is 522 g/mol. The standard InChI is InChI=1S/C22H30N6O.HI/c1-3-23-21(24-17-22(9-10-22)13-18-7-5-4-6-8-18)27-11-12-28(20(29)16-27)19-14-25-26(2)15-19;/h4-8,14-15H,3,9-13,16-17H2,1-2H3,(H,23,24);1H. The number of amides is 1. The monoisotopic (exact) mass is 522 g/mol. The summed E-state index contributed by atoms with van der Waals surface area (Å²) in [4.78, 5) is 21.6. The minimum atomic E-state index is 0. The van der Waals surface area contributed by atoms with Gasteiger partial charge >= 0.3 is 0 Å². The van der Waals surface area contributed by atoms with Crippen LogP contribution in [-0.2, 0) is 18.3 Å². The van der Waals surface area contributed by atoms with Crippen LogP contribution in [0.3, 0.4) is 0 Å². The third kappa shape index (κ3) is 5.33. The minimum absolute atomic E-state index is 0. The Labute approximate surface area is 195 Å². The molecule has 1 aromatic heterocycles. The predicted molar refractivity (Wildman–Crippen MR) is 130 cm³/mol. The molecule has 2 heterocycles. The van der Waals surface area contributed by atoms with Crippen LogP contribution < -0.4 is 10.2 Å². The van der Waals surface area contributed by atoms with Crippen molar-refractivity contribution < 1.29 is 4.79 Å². The summed E-state index contributed by atoms with van der Waals surface area (Å²) in [6.45, 7) is 5.41. The van der Waals surface area contributed by atoms with Gasteiger partial charge in [-0.05, 0) is 37.2 Å². The smallest absolute Gasteiger partial charge is 0.246 e. The highest BCUT2D eigenvalue weighted by molar-refractivity contribution is 14.0. The zero-order valence-electron chi connectivity index (χ0n) is 17.8. The first-order valence-electron chi connectivity index (χ1n) is 10.4. The van der Waals surface area contributed by atoms with Crippen LogP contribution in [0.15, 0.2) is 47.7 Å². The van der Waals surface area contributed by atoms with Crippen LogP contribution in [0, 0.1) is 5.41 Å². The first-order valence-corrected chi connectivity index (χ1v) is 10.4. The Kier molecular flexibility index (Phi) is 7.38. The summed E-state index contributed by atoms with van der Waals surface area (Å²) in [6.07, 6.45) is 7.14. The number of anilines is 1. The van der Waals surface area contributed by atoms with Crippen LogP contribution in [0.5, 0.6) is 0 Å².